The van der Waals surface area contributed by atoms with Gasteiger partial charge in [-0.1, -0.05) is 6.07 Å². The van der Waals surface area contributed by atoms with Gasteiger partial charge in [-0.05, 0) is 38.6 Å². The molecule has 1 aromatic rings. The van der Waals surface area contributed by atoms with Crippen LogP contribution in [0, 0.1) is 0 Å². The maximum atomic E-state index is 5.84. The van der Waals surface area contributed by atoms with Crippen LogP contribution in [0.15, 0.2) is 18.2 Å². The van der Waals surface area contributed by atoms with Crippen LogP contribution >= 0.6 is 0 Å². The van der Waals surface area contributed by atoms with Gasteiger partial charge in [-0.2, -0.15) is 0 Å². The van der Waals surface area contributed by atoms with Gasteiger partial charge >= 0.3 is 0 Å². The van der Waals surface area contributed by atoms with Crippen LogP contribution in [-0.2, 0) is 6.54 Å². The van der Waals surface area contributed by atoms with Gasteiger partial charge in [-0.15, -0.1) is 0 Å². The largest absolute Gasteiger partial charge is 0.495 e. The molecule has 0 radical (unpaired) electrons. The Morgan fingerprint density at radius 3 is 2.53 bits per heavy atom. The third-order valence-corrected chi connectivity index (χ3v) is 2.61. The van der Waals surface area contributed by atoms with Gasteiger partial charge in [0.25, 0.3) is 0 Å². The van der Waals surface area contributed by atoms with Crippen molar-refractivity contribution in [2.24, 2.45) is 0 Å². The van der Waals surface area contributed by atoms with E-state index in [1.165, 1.54) is 5.56 Å². The first-order chi connectivity index (χ1) is 7.04. The molecule has 0 amide bonds. The van der Waals surface area contributed by atoms with Gasteiger partial charge in [0, 0.05) is 12.6 Å². The number of nitrogen functional groups attached to an aromatic ring is 1. The molecule has 0 saturated heterocycles. The lowest BCUT2D eigenvalue weighted by Gasteiger charge is -2.21. The molecule has 1 rings (SSSR count). The summed E-state index contributed by atoms with van der Waals surface area (Å²) < 4.78 is 5.11. The Hall–Kier alpha value is -1.22. The first-order valence-electron chi connectivity index (χ1n) is 5.17. The first-order valence-corrected chi connectivity index (χ1v) is 5.17. The molecule has 84 valence electrons. The second kappa shape index (κ2) is 5.03. The third kappa shape index (κ3) is 3.13. The zero-order valence-electron chi connectivity index (χ0n) is 9.95. The van der Waals surface area contributed by atoms with E-state index in [0.717, 1.165) is 12.3 Å². The molecule has 0 atom stereocenters. The fourth-order valence-electron chi connectivity index (χ4n) is 1.35. The maximum absolute atomic E-state index is 5.84. The van der Waals surface area contributed by atoms with Gasteiger partial charge < -0.3 is 10.5 Å². The van der Waals surface area contributed by atoms with E-state index in [9.17, 15) is 0 Å². The van der Waals surface area contributed by atoms with E-state index in [-0.39, 0.29) is 0 Å². The van der Waals surface area contributed by atoms with E-state index in [4.69, 9.17) is 10.5 Å². The molecule has 0 aliphatic carbocycles. The van der Waals surface area contributed by atoms with Crippen LogP contribution in [0.25, 0.3) is 0 Å². The zero-order chi connectivity index (χ0) is 11.4. The Bertz CT molecular complexity index is 323. The molecule has 0 aromatic heterocycles. The molecule has 0 aliphatic rings. The predicted molar refractivity (Wildman–Crippen MR) is 64.0 cm³/mol. The van der Waals surface area contributed by atoms with Crippen molar-refractivity contribution < 1.29 is 4.74 Å². The topological polar surface area (TPSA) is 38.5 Å². The molecule has 15 heavy (non-hydrogen) atoms. The SMILES string of the molecule is COc1ccc(CN(C)C(C)C)cc1N. The molecule has 3 nitrogen and oxygen atoms in total. The minimum atomic E-state index is 0.535. The normalized spacial score (nSPS) is 11.1. The Balaban J connectivity index is 2.75. The summed E-state index contributed by atoms with van der Waals surface area (Å²) in [6, 6.07) is 6.47. The first kappa shape index (κ1) is 11.9. The summed E-state index contributed by atoms with van der Waals surface area (Å²) in [5, 5.41) is 0. The highest BCUT2D eigenvalue weighted by atomic mass is 16.5. The van der Waals surface area contributed by atoms with E-state index in [1.807, 2.05) is 18.2 Å². The quantitative estimate of drug-likeness (QED) is 0.770. The van der Waals surface area contributed by atoms with Crippen molar-refractivity contribution in [1.82, 2.24) is 4.90 Å². The molecule has 3 heteroatoms. The van der Waals surface area contributed by atoms with Crippen LogP contribution in [0.3, 0.4) is 0 Å². The highest BCUT2D eigenvalue weighted by Crippen LogP contribution is 2.22. The highest BCUT2D eigenvalue weighted by Gasteiger charge is 2.06. The fourth-order valence-corrected chi connectivity index (χ4v) is 1.35. The standard InChI is InChI=1S/C12H20N2O/c1-9(2)14(3)8-10-5-6-12(15-4)11(13)7-10/h5-7,9H,8,13H2,1-4H3. The van der Waals surface area contributed by atoms with Gasteiger partial charge in [0.1, 0.15) is 5.75 Å². The molecule has 1 aromatic carbocycles. The minimum Gasteiger partial charge on any atom is -0.495 e. The molecule has 0 heterocycles. The van der Waals surface area contributed by atoms with E-state index in [0.29, 0.717) is 11.7 Å². The summed E-state index contributed by atoms with van der Waals surface area (Å²) in [5.41, 5.74) is 7.75. The van der Waals surface area contributed by atoms with Crippen molar-refractivity contribution in [1.29, 1.82) is 0 Å². The Morgan fingerprint density at radius 2 is 2.07 bits per heavy atom. The number of anilines is 1. The van der Waals surface area contributed by atoms with E-state index >= 15 is 0 Å². The second-order valence-electron chi connectivity index (χ2n) is 4.09. The number of hydrogen-bond acceptors (Lipinski definition) is 3. The number of benzene rings is 1. The Morgan fingerprint density at radius 1 is 1.40 bits per heavy atom. The van der Waals surface area contributed by atoms with Gasteiger partial charge in [0.05, 0.1) is 12.8 Å². The number of methoxy groups -OCH3 is 1. The maximum Gasteiger partial charge on any atom is 0.141 e. The summed E-state index contributed by atoms with van der Waals surface area (Å²) in [7, 11) is 3.73. The van der Waals surface area contributed by atoms with Gasteiger partial charge in [0.2, 0.25) is 0 Å². The highest BCUT2D eigenvalue weighted by molar-refractivity contribution is 5.54. The lowest BCUT2D eigenvalue weighted by molar-refractivity contribution is 0.266. The van der Waals surface area contributed by atoms with Crippen LogP contribution in [0.2, 0.25) is 0 Å². The summed E-state index contributed by atoms with van der Waals surface area (Å²) >= 11 is 0. The average Bonchev–Trinajstić information content (AvgIpc) is 2.18. The lowest BCUT2D eigenvalue weighted by atomic mass is 10.1. The minimum absolute atomic E-state index is 0.535. The second-order valence-corrected chi connectivity index (χ2v) is 4.09. The monoisotopic (exact) mass is 208 g/mol. The number of hydrogen-bond donors (Lipinski definition) is 1. The van der Waals surface area contributed by atoms with Gasteiger partial charge in [-0.3, -0.25) is 4.90 Å². The van der Waals surface area contributed by atoms with E-state index in [1.54, 1.807) is 7.11 Å². The molecule has 0 spiro atoms. The molecule has 0 aliphatic heterocycles. The van der Waals surface area contributed by atoms with E-state index in [2.05, 4.69) is 25.8 Å². The molecule has 2 N–H and O–H groups in total. The van der Waals surface area contributed by atoms with Crippen LogP contribution in [0.1, 0.15) is 19.4 Å². The van der Waals surface area contributed by atoms with Crippen LogP contribution in [0.4, 0.5) is 5.69 Å². The van der Waals surface area contributed by atoms with Crippen LogP contribution in [0.5, 0.6) is 5.75 Å². The number of nitrogens with zero attached hydrogens (tertiary/aromatic N) is 1. The summed E-state index contributed by atoms with van der Waals surface area (Å²) in [4.78, 5) is 2.27. The Kier molecular flexibility index (Phi) is 3.97. The summed E-state index contributed by atoms with van der Waals surface area (Å²) in [5.74, 6) is 0.742. The van der Waals surface area contributed by atoms with Gasteiger partial charge in [-0.25, -0.2) is 0 Å². The molecule has 0 saturated carbocycles. The molecular formula is C12H20N2O. The van der Waals surface area contributed by atoms with Crippen molar-refractivity contribution >= 4 is 5.69 Å². The zero-order valence-corrected chi connectivity index (χ0v) is 9.95. The van der Waals surface area contributed by atoms with E-state index < -0.39 is 0 Å². The molecule has 0 unspecified atom stereocenters. The fraction of sp³-hybridized carbons (Fsp3) is 0.500. The Labute approximate surface area is 91.8 Å². The molecule has 0 bridgehead atoms. The van der Waals surface area contributed by atoms with Crippen molar-refractivity contribution in [2.75, 3.05) is 19.9 Å². The van der Waals surface area contributed by atoms with Crippen molar-refractivity contribution in [3.05, 3.63) is 23.8 Å². The predicted octanol–water partition coefficient (Wildman–Crippen LogP) is 2.12. The average molecular weight is 208 g/mol. The van der Waals surface area contributed by atoms with Crippen molar-refractivity contribution in [3.8, 4) is 5.75 Å². The van der Waals surface area contributed by atoms with Crippen molar-refractivity contribution in [3.63, 3.8) is 0 Å². The molecule has 0 fully saturated rings. The van der Waals surface area contributed by atoms with Gasteiger partial charge in [0.15, 0.2) is 0 Å². The smallest absolute Gasteiger partial charge is 0.141 e. The lowest BCUT2D eigenvalue weighted by Crippen LogP contribution is -2.25. The number of rotatable bonds is 4. The molecular weight excluding hydrogens is 188 g/mol. The van der Waals surface area contributed by atoms with Crippen molar-refractivity contribution in [2.45, 2.75) is 26.4 Å². The van der Waals surface area contributed by atoms with Crippen LogP contribution < -0.4 is 10.5 Å². The summed E-state index contributed by atoms with van der Waals surface area (Å²) in [6.45, 7) is 5.26. The number of ether oxygens (including phenoxy) is 1. The third-order valence-electron chi connectivity index (χ3n) is 2.61. The summed E-state index contributed by atoms with van der Waals surface area (Å²) in [6.07, 6.45) is 0. The number of nitrogens with two attached hydrogens (primary N) is 1. The van der Waals surface area contributed by atoms with Crippen LogP contribution in [-0.4, -0.2) is 25.1 Å².